The van der Waals surface area contributed by atoms with E-state index in [4.69, 9.17) is 14.7 Å². The van der Waals surface area contributed by atoms with Crippen LogP contribution in [-0.4, -0.2) is 45.2 Å². The second-order valence-corrected chi connectivity index (χ2v) is 11.7. The van der Waals surface area contributed by atoms with Crippen LogP contribution in [0.15, 0.2) is 85.1 Å². The van der Waals surface area contributed by atoms with Crippen LogP contribution < -0.4 is 15.5 Å². The van der Waals surface area contributed by atoms with E-state index in [1.165, 1.54) is 5.69 Å². The molecule has 0 spiro atoms. The largest absolute Gasteiger partial charge is 0.372 e. The van der Waals surface area contributed by atoms with E-state index < -0.39 is 0 Å². The standard InChI is InChI=1S/C36H37N7O/c1-5-30-21-43(20-24(4)44-30)29-11-13-32-31(19-29)34(17-23(3)38-32)40-26-8-6-25(7-9-26)36-41-33-12-10-27(18-35(33)42-36)39-28-14-15-37-22(2)16-28/h6-19,24,30H,5,20-21H2,1-4H3,(H,37,39)(H,38,40)(H,41,42). The summed E-state index contributed by atoms with van der Waals surface area (Å²) in [6.07, 6.45) is 3.28. The Morgan fingerprint density at radius 2 is 1.61 bits per heavy atom. The molecule has 1 aliphatic heterocycles. The summed E-state index contributed by atoms with van der Waals surface area (Å²) >= 11 is 0. The number of anilines is 5. The molecule has 0 aliphatic carbocycles. The van der Waals surface area contributed by atoms with Crippen molar-refractivity contribution in [3.05, 3.63) is 96.4 Å². The van der Waals surface area contributed by atoms with Crippen LogP contribution in [0.1, 0.15) is 31.7 Å². The lowest BCUT2D eigenvalue weighted by Crippen LogP contribution is -2.46. The highest BCUT2D eigenvalue weighted by molar-refractivity contribution is 5.95. The Morgan fingerprint density at radius 1 is 0.818 bits per heavy atom. The molecule has 8 heteroatoms. The van der Waals surface area contributed by atoms with Crippen LogP contribution >= 0.6 is 0 Å². The Labute approximate surface area is 257 Å². The molecule has 2 unspecified atom stereocenters. The number of ether oxygens (including phenoxy) is 1. The fourth-order valence-corrected chi connectivity index (χ4v) is 6.01. The Hall–Kier alpha value is -4.95. The van der Waals surface area contributed by atoms with E-state index >= 15 is 0 Å². The van der Waals surface area contributed by atoms with Crippen molar-refractivity contribution < 1.29 is 4.74 Å². The maximum atomic E-state index is 6.10. The van der Waals surface area contributed by atoms with Gasteiger partial charge in [0.1, 0.15) is 5.82 Å². The minimum Gasteiger partial charge on any atom is -0.372 e. The first-order valence-corrected chi connectivity index (χ1v) is 15.3. The van der Waals surface area contributed by atoms with Gasteiger partial charge in [0.2, 0.25) is 0 Å². The quantitative estimate of drug-likeness (QED) is 0.174. The van der Waals surface area contributed by atoms with Crippen LogP contribution in [0.5, 0.6) is 0 Å². The van der Waals surface area contributed by atoms with Crippen molar-refractivity contribution in [1.82, 2.24) is 19.9 Å². The smallest absolute Gasteiger partial charge is 0.138 e. The highest BCUT2D eigenvalue weighted by Gasteiger charge is 2.24. The van der Waals surface area contributed by atoms with Crippen LogP contribution in [0.25, 0.3) is 33.3 Å². The lowest BCUT2D eigenvalue weighted by molar-refractivity contribution is -0.0172. The van der Waals surface area contributed by atoms with Gasteiger partial charge in [-0.3, -0.25) is 9.97 Å². The zero-order valence-corrected chi connectivity index (χ0v) is 25.6. The Kier molecular flexibility index (Phi) is 7.36. The van der Waals surface area contributed by atoms with Gasteiger partial charge in [0, 0.05) is 70.1 Å². The van der Waals surface area contributed by atoms with Gasteiger partial charge < -0.3 is 25.3 Å². The molecule has 1 aliphatic rings. The number of fused-ring (bicyclic) bond motifs is 2. The monoisotopic (exact) mass is 583 g/mol. The first-order valence-electron chi connectivity index (χ1n) is 15.3. The molecule has 0 radical (unpaired) electrons. The zero-order chi connectivity index (χ0) is 30.2. The van der Waals surface area contributed by atoms with E-state index in [0.717, 1.165) is 87.0 Å². The summed E-state index contributed by atoms with van der Waals surface area (Å²) < 4.78 is 6.10. The van der Waals surface area contributed by atoms with E-state index in [1.807, 2.05) is 44.3 Å². The SMILES string of the molecule is CCC1CN(c2ccc3nc(C)cc(Nc4ccc(-c5nc6ccc(Nc7ccnc(C)c7)cc6[nH]5)cc4)c3c2)CC(C)O1. The third-order valence-corrected chi connectivity index (χ3v) is 8.17. The number of rotatable bonds is 7. The molecule has 222 valence electrons. The number of H-pyrrole nitrogens is 1. The molecule has 0 bridgehead atoms. The van der Waals surface area contributed by atoms with Gasteiger partial charge >= 0.3 is 0 Å². The molecular formula is C36H37N7O. The van der Waals surface area contributed by atoms with Gasteiger partial charge in [0.25, 0.3) is 0 Å². The topological polar surface area (TPSA) is 91.0 Å². The zero-order valence-electron chi connectivity index (χ0n) is 25.6. The number of aromatic nitrogens is 4. The van der Waals surface area contributed by atoms with Crippen molar-refractivity contribution in [2.75, 3.05) is 28.6 Å². The minimum absolute atomic E-state index is 0.207. The molecule has 3 N–H and O–H groups in total. The highest BCUT2D eigenvalue weighted by Crippen LogP contribution is 2.32. The first kappa shape index (κ1) is 27.9. The van der Waals surface area contributed by atoms with Gasteiger partial charge in [-0.1, -0.05) is 6.92 Å². The second kappa shape index (κ2) is 11.6. The van der Waals surface area contributed by atoms with Crippen molar-refractivity contribution in [3.63, 3.8) is 0 Å². The highest BCUT2D eigenvalue weighted by atomic mass is 16.5. The molecule has 3 aromatic carbocycles. The number of imidazole rings is 1. The predicted octanol–water partition coefficient (Wildman–Crippen LogP) is 8.28. The molecule has 4 heterocycles. The van der Waals surface area contributed by atoms with Crippen molar-refractivity contribution >= 4 is 50.4 Å². The normalized spacial score (nSPS) is 16.9. The number of hydrogen-bond acceptors (Lipinski definition) is 7. The van der Waals surface area contributed by atoms with E-state index in [0.29, 0.717) is 0 Å². The molecule has 1 saturated heterocycles. The number of aryl methyl sites for hydroxylation is 2. The fourth-order valence-electron chi connectivity index (χ4n) is 6.01. The fraction of sp³-hybridized carbons (Fsp3) is 0.250. The molecule has 3 aromatic heterocycles. The summed E-state index contributed by atoms with van der Waals surface area (Å²) in [5.74, 6) is 0.837. The maximum absolute atomic E-state index is 6.10. The number of nitrogens with zero attached hydrogens (tertiary/aromatic N) is 4. The summed E-state index contributed by atoms with van der Waals surface area (Å²) in [6, 6.07) is 27.3. The number of benzene rings is 3. The summed E-state index contributed by atoms with van der Waals surface area (Å²) in [4.78, 5) is 19.9. The van der Waals surface area contributed by atoms with Gasteiger partial charge in [-0.05, 0) is 106 Å². The molecule has 1 fully saturated rings. The Balaban J connectivity index is 1.12. The third kappa shape index (κ3) is 5.81. The maximum Gasteiger partial charge on any atom is 0.138 e. The van der Waals surface area contributed by atoms with Crippen LogP contribution in [0.4, 0.5) is 28.4 Å². The Morgan fingerprint density at radius 3 is 2.43 bits per heavy atom. The van der Waals surface area contributed by atoms with Crippen molar-refractivity contribution in [3.8, 4) is 11.4 Å². The summed E-state index contributed by atoms with van der Waals surface area (Å²) in [5.41, 5.74) is 11.1. The van der Waals surface area contributed by atoms with E-state index in [1.54, 1.807) is 0 Å². The second-order valence-electron chi connectivity index (χ2n) is 11.7. The average Bonchev–Trinajstić information content (AvgIpc) is 3.44. The van der Waals surface area contributed by atoms with Crippen LogP contribution in [0, 0.1) is 13.8 Å². The van der Waals surface area contributed by atoms with E-state index in [2.05, 4.69) is 93.9 Å². The van der Waals surface area contributed by atoms with E-state index in [-0.39, 0.29) is 12.2 Å². The van der Waals surface area contributed by atoms with Gasteiger partial charge in [-0.2, -0.15) is 0 Å². The van der Waals surface area contributed by atoms with Crippen LogP contribution in [0.3, 0.4) is 0 Å². The summed E-state index contributed by atoms with van der Waals surface area (Å²) in [6.45, 7) is 10.2. The molecule has 44 heavy (non-hydrogen) atoms. The van der Waals surface area contributed by atoms with Crippen molar-refractivity contribution in [1.29, 1.82) is 0 Å². The molecule has 0 amide bonds. The van der Waals surface area contributed by atoms with Crippen LogP contribution in [-0.2, 0) is 4.74 Å². The van der Waals surface area contributed by atoms with Gasteiger partial charge in [-0.25, -0.2) is 4.98 Å². The van der Waals surface area contributed by atoms with Crippen molar-refractivity contribution in [2.24, 2.45) is 0 Å². The number of morpholine rings is 1. The first-order chi connectivity index (χ1) is 21.4. The molecule has 6 aromatic rings. The van der Waals surface area contributed by atoms with Gasteiger partial charge in [0.15, 0.2) is 0 Å². The molecule has 8 nitrogen and oxygen atoms in total. The summed E-state index contributed by atoms with van der Waals surface area (Å²) in [7, 11) is 0. The summed E-state index contributed by atoms with van der Waals surface area (Å²) in [5, 5.41) is 8.22. The predicted molar refractivity (Wildman–Crippen MR) is 180 cm³/mol. The number of hydrogen-bond donors (Lipinski definition) is 3. The third-order valence-electron chi connectivity index (χ3n) is 8.17. The lowest BCUT2D eigenvalue weighted by Gasteiger charge is -2.38. The molecular weight excluding hydrogens is 546 g/mol. The number of nitrogens with one attached hydrogen (secondary N) is 3. The Bertz CT molecular complexity index is 1950. The average molecular weight is 584 g/mol. The minimum atomic E-state index is 0.207. The van der Waals surface area contributed by atoms with Crippen molar-refractivity contribution in [2.45, 2.75) is 46.3 Å². The van der Waals surface area contributed by atoms with Crippen LogP contribution in [0.2, 0.25) is 0 Å². The molecule has 0 saturated carbocycles. The molecule has 2 atom stereocenters. The lowest BCUT2D eigenvalue weighted by atomic mass is 10.1. The number of aromatic amines is 1. The number of pyridine rings is 2. The molecule has 7 rings (SSSR count). The van der Waals surface area contributed by atoms with Gasteiger partial charge in [0.05, 0.1) is 28.8 Å². The van der Waals surface area contributed by atoms with E-state index in [9.17, 15) is 0 Å². The van der Waals surface area contributed by atoms with Gasteiger partial charge in [-0.15, -0.1) is 0 Å².